The Morgan fingerprint density at radius 3 is 2.63 bits per heavy atom. The van der Waals surface area contributed by atoms with Crippen LogP contribution in [-0.2, 0) is 35.4 Å². The number of halogens is 1. The van der Waals surface area contributed by atoms with E-state index >= 15 is 0 Å². The first kappa shape index (κ1) is 33.1. The molecule has 0 unspecified atom stereocenters. The van der Waals surface area contributed by atoms with Gasteiger partial charge in [-0.15, -0.1) is 46.0 Å². The number of esters is 1. The minimum atomic E-state index is -0.965. The summed E-state index contributed by atoms with van der Waals surface area (Å²) < 4.78 is 10.8. The van der Waals surface area contributed by atoms with E-state index < -0.39 is 35.1 Å². The molecule has 1 aromatic carbocycles. The number of thiazole rings is 2. The first-order chi connectivity index (χ1) is 22.2. The smallest absolute Gasteiger partial charge is 0.355 e. The summed E-state index contributed by atoms with van der Waals surface area (Å²) in [5.74, 6) is -1.57. The van der Waals surface area contributed by atoms with Crippen molar-refractivity contribution in [3.8, 4) is 5.75 Å². The topological polar surface area (TPSA) is 161 Å². The number of alkyl halides is 1. The maximum Gasteiger partial charge on any atom is 0.355 e. The molecule has 5 rings (SSSR count). The van der Waals surface area contributed by atoms with Crippen molar-refractivity contribution < 1.29 is 33.5 Å². The molecule has 46 heavy (non-hydrogen) atoms. The summed E-state index contributed by atoms with van der Waals surface area (Å²) in [6, 6.07) is 6.12. The lowest BCUT2D eigenvalue weighted by atomic mass is 10.0. The van der Waals surface area contributed by atoms with Crippen LogP contribution < -0.4 is 15.4 Å². The van der Waals surface area contributed by atoms with E-state index in [9.17, 15) is 19.2 Å². The zero-order chi connectivity index (χ0) is 32.8. The van der Waals surface area contributed by atoms with E-state index in [0.717, 1.165) is 27.5 Å². The Balaban J connectivity index is 1.35. The van der Waals surface area contributed by atoms with Gasteiger partial charge in [0, 0.05) is 16.0 Å². The molecule has 2 atom stereocenters. The minimum absolute atomic E-state index is 0.0188. The van der Waals surface area contributed by atoms with Crippen LogP contribution in [0, 0.1) is 6.92 Å². The lowest BCUT2D eigenvalue weighted by Gasteiger charge is -2.49. The molecule has 1 saturated heterocycles. The van der Waals surface area contributed by atoms with Crippen LogP contribution in [0.25, 0.3) is 6.08 Å². The van der Waals surface area contributed by atoms with Crippen LogP contribution >= 0.6 is 46.0 Å². The molecule has 2 aliphatic rings. The van der Waals surface area contributed by atoms with Crippen molar-refractivity contribution in [1.29, 1.82) is 0 Å². The molecule has 0 aliphatic carbocycles. The van der Waals surface area contributed by atoms with Crippen molar-refractivity contribution in [2.24, 2.45) is 5.16 Å². The molecule has 4 heterocycles. The van der Waals surface area contributed by atoms with E-state index in [1.165, 1.54) is 40.5 Å². The van der Waals surface area contributed by atoms with Gasteiger partial charge in [-0.25, -0.2) is 14.8 Å². The van der Waals surface area contributed by atoms with Gasteiger partial charge in [0.05, 0.1) is 18.3 Å². The molecule has 13 nitrogen and oxygen atoms in total. The van der Waals surface area contributed by atoms with E-state index in [4.69, 9.17) is 25.9 Å². The van der Waals surface area contributed by atoms with Gasteiger partial charge in [-0.2, -0.15) is 0 Å². The normalized spacial score (nSPS) is 17.8. The second-order valence-electron chi connectivity index (χ2n) is 9.64. The maximum atomic E-state index is 13.6. The van der Waals surface area contributed by atoms with Crippen LogP contribution in [0.15, 0.2) is 57.7 Å². The predicted molar refractivity (Wildman–Crippen MR) is 176 cm³/mol. The van der Waals surface area contributed by atoms with Gasteiger partial charge in [0.1, 0.15) is 48.2 Å². The predicted octanol–water partition coefficient (Wildman–Crippen LogP) is 3.56. The molecule has 0 bridgehead atoms. The van der Waals surface area contributed by atoms with Gasteiger partial charge < -0.3 is 24.9 Å². The molecule has 240 valence electrons. The summed E-state index contributed by atoms with van der Waals surface area (Å²) in [5, 5.41) is 10.1. The van der Waals surface area contributed by atoms with Gasteiger partial charge in [0.2, 0.25) is 5.91 Å². The number of nitrogens with one attached hydrogen (secondary N) is 2. The first-order valence-corrected chi connectivity index (χ1v) is 16.9. The maximum absolute atomic E-state index is 13.6. The van der Waals surface area contributed by atoms with Gasteiger partial charge in [0.25, 0.3) is 11.8 Å². The van der Waals surface area contributed by atoms with E-state index in [-0.39, 0.29) is 34.7 Å². The fourth-order valence-electron chi connectivity index (χ4n) is 4.44. The van der Waals surface area contributed by atoms with Gasteiger partial charge in [-0.05, 0) is 36.3 Å². The van der Waals surface area contributed by atoms with Crippen molar-refractivity contribution in [3.63, 3.8) is 0 Å². The van der Waals surface area contributed by atoms with Crippen molar-refractivity contribution in [2.75, 3.05) is 31.2 Å². The van der Waals surface area contributed by atoms with Crippen LogP contribution in [-0.4, -0.2) is 81.5 Å². The largest absolute Gasteiger partial charge is 0.497 e. The Kier molecular flexibility index (Phi) is 10.7. The standard InChI is InChI=1S/C29H27ClN6O7S3/c1-15-20(46-14-31-15)9-6-17-12-44-27-23(34-25(38)22(35-42-3)19-13-45-29(32-19)33-21(37)10-30)26(39)36(27)24(17)28(40)43-11-16-4-7-18(41-2)8-5-16/h4-9,13-14,23,27H,10-12H2,1-3H3,(H,34,38)(H,32,33,37)/b9-6-,35-22-/t23-,27-/m1/s1. The van der Waals surface area contributed by atoms with Crippen molar-refractivity contribution in [3.05, 3.63) is 74.3 Å². The Morgan fingerprint density at radius 2 is 1.96 bits per heavy atom. The number of benzene rings is 1. The molecular weight excluding hydrogens is 676 g/mol. The number of anilines is 1. The number of allylic oxidation sites excluding steroid dienone is 1. The van der Waals surface area contributed by atoms with Crippen LogP contribution in [0.1, 0.15) is 21.8 Å². The van der Waals surface area contributed by atoms with Crippen LogP contribution in [0.2, 0.25) is 0 Å². The highest BCUT2D eigenvalue weighted by Gasteiger charge is 2.54. The van der Waals surface area contributed by atoms with Crippen molar-refractivity contribution >= 4 is 86.6 Å². The average molecular weight is 703 g/mol. The minimum Gasteiger partial charge on any atom is -0.497 e. The van der Waals surface area contributed by atoms with Gasteiger partial charge in [0.15, 0.2) is 10.8 Å². The highest BCUT2D eigenvalue weighted by molar-refractivity contribution is 8.00. The molecule has 1 fully saturated rings. The van der Waals surface area contributed by atoms with Crippen molar-refractivity contribution in [1.82, 2.24) is 20.2 Å². The molecule has 3 aromatic rings. The molecule has 3 amide bonds. The molecule has 0 saturated carbocycles. The van der Waals surface area contributed by atoms with Gasteiger partial charge in [-0.1, -0.05) is 23.4 Å². The lowest BCUT2D eigenvalue weighted by molar-refractivity contribution is -0.153. The Hall–Kier alpha value is -4.25. The number of β-lactam (4-membered cyclic amide) rings is 1. The molecule has 2 N–H and O–H groups in total. The summed E-state index contributed by atoms with van der Waals surface area (Å²) in [6.07, 6.45) is 3.65. The van der Waals surface area contributed by atoms with Crippen LogP contribution in [0.3, 0.4) is 0 Å². The fourth-order valence-corrected chi connectivity index (χ4v) is 7.24. The number of carbonyl (C=O) groups is 4. The zero-order valence-corrected chi connectivity index (χ0v) is 27.8. The monoisotopic (exact) mass is 702 g/mol. The zero-order valence-electron chi connectivity index (χ0n) is 24.6. The number of hydrogen-bond acceptors (Lipinski definition) is 13. The summed E-state index contributed by atoms with van der Waals surface area (Å²) in [5.41, 5.74) is 3.95. The van der Waals surface area contributed by atoms with E-state index in [0.29, 0.717) is 17.1 Å². The highest BCUT2D eigenvalue weighted by Crippen LogP contribution is 2.41. The lowest BCUT2D eigenvalue weighted by Crippen LogP contribution is -2.71. The Morgan fingerprint density at radius 1 is 1.17 bits per heavy atom. The number of amides is 3. The van der Waals surface area contributed by atoms with Crippen LogP contribution in [0.4, 0.5) is 5.13 Å². The Labute approximate surface area is 280 Å². The second-order valence-corrected chi connectivity index (χ2v) is 12.8. The van der Waals surface area contributed by atoms with E-state index in [1.807, 2.05) is 13.0 Å². The number of carbonyl (C=O) groups excluding carboxylic acids is 4. The molecule has 0 spiro atoms. The number of methoxy groups -OCH3 is 1. The quantitative estimate of drug-likeness (QED) is 0.0939. The number of rotatable bonds is 12. The van der Waals surface area contributed by atoms with E-state index in [1.54, 1.807) is 43.0 Å². The third kappa shape index (κ3) is 7.25. The highest BCUT2D eigenvalue weighted by atomic mass is 35.5. The molecular formula is C29H27ClN6O7S3. The second kappa shape index (κ2) is 14.9. The fraction of sp³-hybridized carbons (Fsp3) is 0.276. The number of hydrogen-bond donors (Lipinski definition) is 2. The summed E-state index contributed by atoms with van der Waals surface area (Å²) in [6.45, 7) is 1.87. The number of thioether (sulfide) groups is 1. The number of oxime groups is 1. The molecule has 17 heteroatoms. The third-order valence-corrected chi connectivity index (χ3v) is 9.94. The molecule has 2 aliphatic heterocycles. The average Bonchev–Trinajstić information content (AvgIpc) is 3.71. The number of ether oxygens (including phenoxy) is 2. The summed E-state index contributed by atoms with van der Waals surface area (Å²) in [7, 11) is 2.83. The number of nitrogens with zero attached hydrogens (tertiary/aromatic N) is 4. The summed E-state index contributed by atoms with van der Waals surface area (Å²) in [4.78, 5) is 67.7. The number of aryl methyl sites for hydroxylation is 1. The van der Waals surface area contributed by atoms with Crippen molar-refractivity contribution in [2.45, 2.75) is 24.9 Å². The van der Waals surface area contributed by atoms with E-state index in [2.05, 4.69) is 25.8 Å². The Bertz CT molecular complexity index is 1740. The van der Waals surface area contributed by atoms with Gasteiger partial charge >= 0.3 is 5.97 Å². The SMILES string of the molecule is CO/N=C(\C(=O)N[C@@H]1C(=O)N2C(C(=O)OCc3ccc(OC)cc3)=C(/C=C\c3scnc3C)CS[C@H]12)c1csc(NC(=O)CCl)n1. The molecule has 2 aromatic heterocycles. The third-order valence-electron chi connectivity index (χ3n) is 6.74. The first-order valence-electron chi connectivity index (χ1n) is 13.5. The number of aromatic nitrogens is 2. The number of fused-ring (bicyclic) bond motifs is 1. The molecule has 0 radical (unpaired) electrons. The summed E-state index contributed by atoms with van der Waals surface area (Å²) >= 11 is 9.45. The van der Waals surface area contributed by atoms with Crippen LogP contribution in [0.5, 0.6) is 5.75 Å². The van der Waals surface area contributed by atoms with Gasteiger partial charge in [-0.3, -0.25) is 19.3 Å².